The van der Waals surface area contributed by atoms with Gasteiger partial charge in [0.2, 0.25) is 10.0 Å². The van der Waals surface area contributed by atoms with Crippen LogP contribution < -0.4 is 5.14 Å². The molecule has 0 amide bonds. The van der Waals surface area contributed by atoms with Crippen LogP contribution in [0, 0.1) is 11.8 Å². The van der Waals surface area contributed by atoms with Crippen molar-refractivity contribution >= 4 is 16.0 Å². The van der Waals surface area contributed by atoms with Gasteiger partial charge < -0.3 is 9.30 Å². The Morgan fingerprint density at radius 2 is 2.00 bits per heavy atom. The lowest BCUT2D eigenvalue weighted by Gasteiger charge is -2.31. The Hall–Kier alpha value is -1.34. The zero-order valence-electron chi connectivity index (χ0n) is 12.6. The molecule has 0 aliphatic heterocycles. The number of esters is 1. The summed E-state index contributed by atoms with van der Waals surface area (Å²) in [6.45, 7) is 4.37. The summed E-state index contributed by atoms with van der Waals surface area (Å²) in [6.07, 6.45) is 3.95. The second-order valence-corrected chi connectivity index (χ2v) is 7.57. The molecule has 21 heavy (non-hydrogen) atoms. The fourth-order valence-corrected chi connectivity index (χ4v) is 3.29. The largest absolute Gasteiger partial charge is 0.458 e. The van der Waals surface area contributed by atoms with Crippen molar-refractivity contribution in [2.24, 2.45) is 24.0 Å². The molecule has 0 radical (unpaired) electrons. The number of nitrogens with two attached hydrogens (primary N) is 1. The molecule has 2 rings (SSSR count). The molecule has 1 heterocycles. The van der Waals surface area contributed by atoms with E-state index in [0.717, 1.165) is 19.3 Å². The number of aromatic nitrogens is 1. The normalized spacial score (nSPS) is 26.6. The molecule has 1 aromatic heterocycles. The van der Waals surface area contributed by atoms with Gasteiger partial charge in [0.1, 0.15) is 16.7 Å². The van der Waals surface area contributed by atoms with Crippen LogP contribution in [-0.2, 0) is 21.8 Å². The summed E-state index contributed by atoms with van der Waals surface area (Å²) in [5, 5.41) is 5.06. The number of ether oxygens (including phenoxy) is 1. The lowest BCUT2D eigenvalue weighted by molar-refractivity contribution is 0.00782. The lowest BCUT2D eigenvalue weighted by atomic mass is 9.80. The molecular weight excluding hydrogens is 292 g/mol. The third-order valence-electron chi connectivity index (χ3n) is 4.34. The minimum absolute atomic E-state index is 0.0809. The molecular formula is C14H22N2O4S. The van der Waals surface area contributed by atoms with Crippen molar-refractivity contribution < 1.29 is 17.9 Å². The van der Waals surface area contributed by atoms with Gasteiger partial charge in [0.05, 0.1) is 0 Å². The van der Waals surface area contributed by atoms with Gasteiger partial charge in [0.15, 0.2) is 0 Å². The molecule has 0 saturated heterocycles. The number of hydrogen-bond donors (Lipinski definition) is 1. The molecule has 118 valence electrons. The Balaban J connectivity index is 2.09. The van der Waals surface area contributed by atoms with Crippen molar-refractivity contribution in [3.8, 4) is 0 Å². The SMILES string of the molecule is CC1CCC(OC(=O)c2cc(S(N)(=O)=O)cn2C)CC1C. The van der Waals surface area contributed by atoms with Crippen LogP contribution in [0.4, 0.5) is 0 Å². The number of nitrogens with zero attached hydrogens (tertiary/aromatic N) is 1. The molecule has 1 fully saturated rings. The van der Waals surface area contributed by atoms with Crippen LogP contribution in [0.15, 0.2) is 17.2 Å². The van der Waals surface area contributed by atoms with Gasteiger partial charge >= 0.3 is 5.97 Å². The van der Waals surface area contributed by atoms with Gasteiger partial charge in [-0.2, -0.15) is 0 Å². The molecule has 7 heteroatoms. The molecule has 1 aromatic rings. The minimum Gasteiger partial charge on any atom is -0.458 e. The zero-order valence-corrected chi connectivity index (χ0v) is 13.4. The predicted octanol–water partition coefficient (Wildman–Crippen LogP) is 1.65. The topological polar surface area (TPSA) is 91.4 Å². The molecule has 1 aliphatic rings. The van der Waals surface area contributed by atoms with Crippen LogP contribution in [-0.4, -0.2) is 25.1 Å². The summed E-state index contributed by atoms with van der Waals surface area (Å²) in [6, 6.07) is 1.26. The Bertz CT molecular complexity index is 635. The number of carbonyl (C=O) groups is 1. The van der Waals surface area contributed by atoms with Crippen molar-refractivity contribution in [3.63, 3.8) is 0 Å². The fraction of sp³-hybridized carbons (Fsp3) is 0.643. The van der Waals surface area contributed by atoms with E-state index >= 15 is 0 Å². The van der Waals surface area contributed by atoms with Crippen LogP contribution >= 0.6 is 0 Å². The molecule has 3 atom stereocenters. The van der Waals surface area contributed by atoms with Gasteiger partial charge in [0, 0.05) is 13.2 Å². The number of hydrogen-bond acceptors (Lipinski definition) is 4. The highest BCUT2D eigenvalue weighted by atomic mass is 32.2. The first-order valence-corrected chi connectivity index (χ1v) is 8.63. The maximum atomic E-state index is 12.2. The van der Waals surface area contributed by atoms with Gasteiger partial charge in [0.25, 0.3) is 0 Å². The Morgan fingerprint density at radius 1 is 1.33 bits per heavy atom. The molecule has 1 aliphatic carbocycles. The van der Waals surface area contributed by atoms with E-state index in [-0.39, 0.29) is 16.7 Å². The Labute approximate surface area is 125 Å². The second-order valence-electron chi connectivity index (χ2n) is 6.01. The average molecular weight is 314 g/mol. The zero-order chi connectivity index (χ0) is 15.8. The maximum Gasteiger partial charge on any atom is 0.355 e. The van der Waals surface area contributed by atoms with E-state index in [1.54, 1.807) is 7.05 Å². The predicted molar refractivity (Wildman–Crippen MR) is 78.2 cm³/mol. The van der Waals surface area contributed by atoms with Gasteiger partial charge in [-0.25, -0.2) is 18.4 Å². The molecule has 3 unspecified atom stereocenters. The van der Waals surface area contributed by atoms with Crippen LogP contribution in [0.2, 0.25) is 0 Å². The van der Waals surface area contributed by atoms with E-state index in [1.807, 2.05) is 0 Å². The average Bonchev–Trinajstić information content (AvgIpc) is 2.76. The molecule has 6 nitrogen and oxygen atoms in total. The summed E-state index contributed by atoms with van der Waals surface area (Å²) >= 11 is 0. The van der Waals surface area contributed by atoms with E-state index in [0.29, 0.717) is 11.8 Å². The van der Waals surface area contributed by atoms with Crippen LogP contribution in [0.5, 0.6) is 0 Å². The standard InChI is InChI=1S/C14H22N2O4S/c1-9-4-5-11(6-10(9)2)20-14(17)13-7-12(8-16(13)3)21(15,18)19/h7-11H,4-6H2,1-3H3,(H2,15,18,19). The smallest absolute Gasteiger partial charge is 0.355 e. The van der Waals surface area contributed by atoms with E-state index < -0.39 is 16.0 Å². The highest BCUT2D eigenvalue weighted by Gasteiger charge is 2.28. The van der Waals surface area contributed by atoms with Crippen molar-refractivity contribution in [1.82, 2.24) is 4.57 Å². The molecule has 0 bridgehead atoms. The Morgan fingerprint density at radius 3 is 2.52 bits per heavy atom. The summed E-state index contributed by atoms with van der Waals surface area (Å²) < 4.78 is 29.5. The van der Waals surface area contributed by atoms with Gasteiger partial charge in [-0.1, -0.05) is 13.8 Å². The number of aryl methyl sites for hydroxylation is 1. The first-order valence-electron chi connectivity index (χ1n) is 7.08. The summed E-state index contributed by atoms with van der Waals surface area (Å²) in [5.74, 6) is 0.660. The summed E-state index contributed by atoms with van der Waals surface area (Å²) in [5.41, 5.74) is 0.199. The number of rotatable bonds is 3. The minimum atomic E-state index is -3.82. The Kier molecular flexibility index (Phi) is 4.43. The highest BCUT2D eigenvalue weighted by molar-refractivity contribution is 7.89. The van der Waals surface area contributed by atoms with Crippen LogP contribution in [0.3, 0.4) is 0 Å². The third-order valence-corrected chi connectivity index (χ3v) is 5.22. The third kappa shape index (κ3) is 3.65. The number of sulfonamides is 1. The monoisotopic (exact) mass is 314 g/mol. The van der Waals surface area contributed by atoms with E-state index in [9.17, 15) is 13.2 Å². The fourth-order valence-electron chi connectivity index (χ4n) is 2.71. The number of primary sulfonamides is 1. The van der Waals surface area contributed by atoms with Crippen molar-refractivity contribution in [2.75, 3.05) is 0 Å². The quantitative estimate of drug-likeness (QED) is 0.859. The van der Waals surface area contributed by atoms with Gasteiger partial charge in [-0.15, -0.1) is 0 Å². The van der Waals surface area contributed by atoms with Crippen LogP contribution in [0.1, 0.15) is 43.6 Å². The first-order chi connectivity index (χ1) is 9.68. The second kappa shape index (κ2) is 5.81. The first kappa shape index (κ1) is 16.0. The van der Waals surface area contributed by atoms with E-state index in [2.05, 4.69) is 13.8 Å². The van der Waals surface area contributed by atoms with Crippen molar-refractivity contribution in [1.29, 1.82) is 0 Å². The maximum absolute atomic E-state index is 12.2. The number of carbonyl (C=O) groups excluding carboxylic acids is 1. The van der Waals surface area contributed by atoms with E-state index in [1.165, 1.54) is 16.8 Å². The molecule has 0 aromatic carbocycles. The summed E-state index contributed by atoms with van der Waals surface area (Å²) in [7, 11) is -2.22. The summed E-state index contributed by atoms with van der Waals surface area (Å²) in [4.78, 5) is 12.1. The van der Waals surface area contributed by atoms with E-state index in [4.69, 9.17) is 9.88 Å². The van der Waals surface area contributed by atoms with Gasteiger partial charge in [-0.05, 0) is 37.2 Å². The lowest BCUT2D eigenvalue weighted by Crippen LogP contribution is -2.29. The van der Waals surface area contributed by atoms with Crippen molar-refractivity contribution in [2.45, 2.75) is 44.1 Å². The highest BCUT2D eigenvalue weighted by Crippen LogP contribution is 2.31. The van der Waals surface area contributed by atoms with Crippen molar-refractivity contribution in [3.05, 3.63) is 18.0 Å². The molecule has 2 N–H and O–H groups in total. The molecule has 0 spiro atoms. The van der Waals surface area contributed by atoms with Gasteiger partial charge in [-0.3, -0.25) is 0 Å². The molecule has 1 saturated carbocycles. The van der Waals surface area contributed by atoms with Crippen LogP contribution in [0.25, 0.3) is 0 Å².